The van der Waals surface area contributed by atoms with Gasteiger partial charge in [-0.1, -0.05) is 0 Å². The summed E-state index contributed by atoms with van der Waals surface area (Å²) >= 11 is 0. The molecule has 60 valence electrons. The molecule has 0 bridgehead atoms. The summed E-state index contributed by atoms with van der Waals surface area (Å²) in [7, 11) is 0. The first-order valence-corrected chi connectivity index (χ1v) is 2.87. The molecule has 0 amide bonds. The number of aromatic nitrogens is 4. The highest BCUT2D eigenvalue weighted by atomic mass is 15.1. The Balaban J connectivity index is 0.000000167. The van der Waals surface area contributed by atoms with E-state index in [9.17, 15) is 0 Å². The lowest BCUT2D eigenvalue weighted by atomic mass is 10.8. The Labute approximate surface area is 64.4 Å². The quantitative estimate of drug-likeness (QED) is 0.526. The lowest BCUT2D eigenvalue weighted by molar-refractivity contribution is 1.09. The van der Waals surface area contributed by atoms with E-state index in [-0.39, 0.29) is 6.15 Å². The van der Waals surface area contributed by atoms with Crippen molar-refractivity contribution in [2.24, 2.45) is 0 Å². The maximum Gasteiger partial charge on any atom is 0.0487 e. The minimum Gasteiger partial charge on any atom is -0.344 e. The first-order chi connectivity index (χ1) is 5.00. The van der Waals surface area contributed by atoms with Gasteiger partial charge in [0.05, 0.1) is 0 Å². The van der Waals surface area contributed by atoms with Gasteiger partial charge in [-0.25, -0.2) is 0 Å². The van der Waals surface area contributed by atoms with Crippen LogP contribution >= 0.6 is 0 Å². The Morgan fingerprint density at radius 1 is 0.818 bits per heavy atom. The van der Waals surface area contributed by atoms with Crippen LogP contribution in [-0.4, -0.2) is 20.4 Å². The molecule has 0 aliphatic carbocycles. The fourth-order valence-electron chi connectivity index (χ4n) is 0.430. The standard InChI is InChI=1S/2C3H4N2.H3N/c2*1-2-4-5-3-1;/h2*1-3H,(H,4,5);1H3. The zero-order valence-corrected chi connectivity index (χ0v) is 6.07. The number of nitrogens with one attached hydrogen (secondary N) is 2. The highest BCUT2D eigenvalue weighted by molar-refractivity contribution is 4.72. The van der Waals surface area contributed by atoms with Gasteiger partial charge < -0.3 is 6.15 Å². The summed E-state index contributed by atoms with van der Waals surface area (Å²) in [6.07, 6.45) is 6.92. The maximum atomic E-state index is 3.60. The van der Waals surface area contributed by atoms with Gasteiger partial charge in [0.2, 0.25) is 0 Å². The fraction of sp³-hybridized carbons (Fsp3) is 0. The summed E-state index contributed by atoms with van der Waals surface area (Å²) in [6.45, 7) is 0. The molecule has 0 aromatic carbocycles. The second kappa shape index (κ2) is 6.50. The molecule has 0 saturated carbocycles. The van der Waals surface area contributed by atoms with E-state index < -0.39 is 0 Å². The summed E-state index contributed by atoms with van der Waals surface area (Å²) in [5, 5.41) is 12.4. The minimum absolute atomic E-state index is 0. The van der Waals surface area contributed by atoms with Crippen molar-refractivity contribution in [1.29, 1.82) is 0 Å². The molecule has 2 heterocycles. The zero-order chi connectivity index (χ0) is 7.07. The van der Waals surface area contributed by atoms with Gasteiger partial charge in [-0.15, -0.1) is 0 Å². The second-order valence-corrected chi connectivity index (χ2v) is 1.53. The molecule has 0 aliphatic heterocycles. The van der Waals surface area contributed by atoms with Crippen LogP contribution in [0.5, 0.6) is 0 Å². The van der Waals surface area contributed by atoms with Crippen LogP contribution in [0.15, 0.2) is 36.9 Å². The van der Waals surface area contributed by atoms with Crippen LogP contribution in [0.3, 0.4) is 0 Å². The average molecular weight is 153 g/mol. The Morgan fingerprint density at radius 3 is 1.36 bits per heavy atom. The van der Waals surface area contributed by atoms with Crippen molar-refractivity contribution in [2.45, 2.75) is 0 Å². The highest BCUT2D eigenvalue weighted by Gasteiger charge is 1.57. The van der Waals surface area contributed by atoms with Gasteiger partial charge in [0, 0.05) is 24.8 Å². The van der Waals surface area contributed by atoms with E-state index in [0.717, 1.165) is 0 Å². The first kappa shape index (κ1) is 9.38. The third-order valence-corrected chi connectivity index (χ3v) is 0.812. The fourth-order valence-corrected chi connectivity index (χ4v) is 0.430. The smallest absolute Gasteiger partial charge is 0.0487 e. The molecule has 2 aromatic heterocycles. The average Bonchev–Trinajstić information content (AvgIpc) is 2.67. The Morgan fingerprint density at radius 2 is 1.27 bits per heavy atom. The number of hydrogen-bond acceptors (Lipinski definition) is 3. The van der Waals surface area contributed by atoms with Crippen LogP contribution in [-0.2, 0) is 0 Å². The van der Waals surface area contributed by atoms with E-state index in [1.54, 1.807) is 24.8 Å². The van der Waals surface area contributed by atoms with Crippen LogP contribution in [0.25, 0.3) is 0 Å². The van der Waals surface area contributed by atoms with Crippen LogP contribution in [0.4, 0.5) is 0 Å². The molecule has 0 unspecified atom stereocenters. The summed E-state index contributed by atoms with van der Waals surface area (Å²) in [4.78, 5) is 0. The lowest BCUT2D eigenvalue weighted by Crippen LogP contribution is -1.53. The maximum absolute atomic E-state index is 3.60. The van der Waals surface area contributed by atoms with Crippen LogP contribution < -0.4 is 6.15 Å². The van der Waals surface area contributed by atoms with Gasteiger partial charge in [-0.05, 0) is 12.1 Å². The first-order valence-electron chi connectivity index (χ1n) is 2.87. The number of H-pyrrole nitrogens is 2. The summed E-state index contributed by atoms with van der Waals surface area (Å²) in [6, 6.07) is 3.67. The van der Waals surface area contributed by atoms with Gasteiger partial charge in [0.25, 0.3) is 0 Å². The summed E-state index contributed by atoms with van der Waals surface area (Å²) in [5.41, 5.74) is 0. The SMILES string of the molecule is N.c1cn[nH]c1.c1cn[nH]c1. The van der Waals surface area contributed by atoms with Crippen molar-refractivity contribution in [3.8, 4) is 0 Å². The summed E-state index contributed by atoms with van der Waals surface area (Å²) in [5.74, 6) is 0. The molecule has 0 radical (unpaired) electrons. The van der Waals surface area contributed by atoms with Crippen LogP contribution in [0, 0.1) is 0 Å². The molecular weight excluding hydrogens is 142 g/mol. The Hall–Kier alpha value is -1.62. The van der Waals surface area contributed by atoms with Gasteiger partial charge in [-0.3, -0.25) is 10.2 Å². The Bertz CT molecular complexity index is 150. The molecule has 2 rings (SSSR count). The predicted octanol–water partition coefficient (Wildman–Crippen LogP) is 0.981. The summed E-state index contributed by atoms with van der Waals surface area (Å²) < 4.78 is 0. The van der Waals surface area contributed by atoms with Crippen molar-refractivity contribution < 1.29 is 0 Å². The van der Waals surface area contributed by atoms with Gasteiger partial charge in [0.1, 0.15) is 0 Å². The van der Waals surface area contributed by atoms with Crippen molar-refractivity contribution in [2.75, 3.05) is 0 Å². The van der Waals surface area contributed by atoms with Gasteiger partial charge in [-0.2, -0.15) is 10.2 Å². The van der Waals surface area contributed by atoms with E-state index in [0.29, 0.717) is 0 Å². The van der Waals surface area contributed by atoms with Crippen molar-refractivity contribution >= 4 is 0 Å². The number of aromatic amines is 2. The third kappa shape index (κ3) is 4.86. The van der Waals surface area contributed by atoms with Crippen molar-refractivity contribution in [3.63, 3.8) is 0 Å². The number of hydrogen-bond donors (Lipinski definition) is 3. The molecule has 0 saturated heterocycles. The highest BCUT2D eigenvalue weighted by Crippen LogP contribution is 1.65. The third-order valence-electron chi connectivity index (χ3n) is 0.812. The molecule has 2 aromatic rings. The van der Waals surface area contributed by atoms with E-state index in [2.05, 4.69) is 20.4 Å². The predicted molar refractivity (Wildman–Crippen MR) is 42.2 cm³/mol. The molecule has 5 nitrogen and oxygen atoms in total. The molecule has 11 heavy (non-hydrogen) atoms. The molecule has 0 fully saturated rings. The van der Waals surface area contributed by atoms with Gasteiger partial charge in [0.15, 0.2) is 0 Å². The molecule has 5 N–H and O–H groups in total. The Kier molecular flexibility index (Phi) is 5.54. The van der Waals surface area contributed by atoms with E-state index in [1.807, 2.05) is 12.1 Å². The largest absolute Gasteiger partial charge is 0.344 e. The molecular formula is C6H11N5. The van der Waals surface area contributed by atoms with Crippen molar-refractivity contribution in [1.82, 2.24) is 26.5 Å². The van der Waals surface area contributed by atoms with E-state index in [1.165, 1.54) is 0 Å². The molecule has 5 heteroatoms. The molecule has 0 atom stereocenters. The van der Waals surface area contributed by atoms with E-state index in [4.69, 9.17) is 0 Å². The number of nitrogens with zero attached hydrogens (tertiary/aromatic N) is 2. The minimum atomic E-state index is 0. The second-order valence-electron chi connectivity index (χ2n) is 1.53. The van der Waals surface area contributed by atoms with E-state index >= 15 is 0 Å². The normalized spacial score (nSPS) is 7.27. The molecule has 0 aliphatic rings. The lowest BCUT2D eigenvalue weighted by Gasteiger charge is -1.49. The van der Waals surface area contributed by atoms with Crippen LogP contribution in [0.1, 0.15) is 0 Å². The van der Waals surface area contributed by atoms with Crippen LogP contribution in [0.2, 0.25) is 0 Å². The topological polar surface area (TPSA) is 92.4 Å². The zero-order valence-electron chi connectivity index (χ0n) is 6.07. The molecule has 0 spiro atoms. The van der Waals surface area contributed by atoms with Crippen molar-refractivity contribution in [3.05, 3.63) is 36.9 Å². The number of rotatable bonds is 0. The monoisotopic (exact) mass is 153 g/mol. The van der Waals surface area contributed by atoms with Gasteiger partial charge >= 0.3 is 0 Å².